The number of rotatable bonds is 7. The molecule has 118 valence electrons. The molecule has 1 aromatic rings. The molecule has 2 rings (SSSR count). The fourth-order valence-corrected chi connectivity index (χ4v) is 3.69. The highest BCUT2D eigenvalue weighted by Gasteiger charge is 2.26. The molecule has 0 aliphatic carbocycles. The van der Waals surface area contributed by atoms with Crippen LogP contribution in [0.3, 0.4) is 0 Å². The number of benzene rings is 1. The first-order valence-corrected chi connectivity index (χ1v) is 8.72. The van der Waals surface area contributed by atoms with Gasteiger partial charge in [-0.25, -0.2) is 0 Å². The minimum absolute atomic E-state index is 0.557. The van der Waals surface area contributed by atoms with Gasteiger partial charge in [-0.3, -0.25) is 4.90 Å². The summed E-state index contributed by atoms with van der Waals surface area (Å²) < 4.78 is 0. The summed E-state index contributed by atoms with van der Waals surface area (Å²) >= 11 is 0. The topological polar surface area (TPSA) is 15.3 Å². The fourth-order valence-electron chi connectivity index (χ4n) is 3.69. The lowest BCUT2D eigenvalue weighted by atomic mass is 9.91. The Morgan fingerprint density at radius 2 is 1.81 bits per heavy atom. The number of nitrogens with zero attached hydrogens (tertiary/aromatic N) is 1. The van der Waals surface area contributed by atoms with Crippen LogP contribution >= 0.6 is 0 Å². The van der Waals surface area contributed by atoms with E-state index in [1.54, 1.807) is 0 Å². The molecule has 1 aliphatic heterocycles. The summed E-state index contributed by atoms with van der Waals surface area (Å²) in [5.41, 5.74) is 1.48. The molecule has 1 aliphatic rings. The molecule has 0 amide bonds. The van der Waals surface area contributed by atoms with Gasteiger partial charge in [-0.2, -0.15) is 0 Å². The molecule has 0 spiro atoms. The fraction of sp³-hybridized carbons (Fsp3) is 0.684. The molecular weight excluding hydrogens is 256 g/mol. The van der Waals surface area contributed by atoms with Crippen LogP contribution in [0.5, 0.6) is 0 Å². The number of piperidine rings is 1. The average molecular weight is 288 g/mol. The van der Waals surface area contributed by atoms with Crippen LogP contribution < -0.4 is 5.32 Å². The third-order valence-corrected chi connectivity index (χ3v) is 4.63. The Balaban J connectivity index is 2.12. The molecular formula is C19H32N2. The number of hydrogen-bond acceptors (Lipinski definition) is 2. The van der Waals surface area contributed by atoms with Gasteiger partial charge in [0.05, 0.1) is 0 Å². The Morgan fingerprint density at radius 1 is 1.14 bits per heavy atom. The molecule has 2 heteroatoms. The first-order chi connectivity index (χ1) is 10.2. The molecule has 1 unspecified atom stereocenters. The van der Waals surface area contributed by atoms with Crippen LogP contribution in [0.1, 0.15) is 51.6 Å². The zero-order chi connectivity index (χ0) is 15.1. The second-order valence-electron chi connectivity index (χ2n) is 6.79. The Bertz CT molecular complexity index is 382. The summed E-state index contributed by atoms with van der Waals surface area (Å²) in [6, 6.07) is 11.6. The molecule has 1 atom stereocenters. The standard InChI is InChI=1S/C19H32N2/c1-4-14-21(15-17-10-12-20-13-11-17)19(16(2)3)18-8-6-5-7-9-18/h5-9,16-17,19-20H,4,10-15H2,1-3H3. The first kappa shape index (κ1) is 16.5. The highest BCUT2D eigenvalue weighted by Crippen LogP contribution is 2.30. The summed E-state index contributed by atoms with van der Waals surface area (Å²) in [5.74, 6) is 1.52. The zero-order valence-electron chi connectivity index (χ0n) is 14.0. The predicted octanol–water partition coefficient (Wildman–Crippen LogP) is 4.10. The molecule has 0 radical (unpaired) electrons. The Kier molecular flexibility index (Phi) is 6.72. The van der Waals surface area contributed by atoms with E-state index in [9.17, 15) is 0 Å². The SMILES string of the molecule is CCCN(CC1CCNCC1)C(c1ccccc1)C(C)C. The van der Waals surface area contributed by atoms with Crippen LogP contribution in [0.2, 0.25) is 0 Å². The van der Waals surface area contributed by atoms with Gasteiger partial charge in [-0.05, 0) is 56.3 Å². The van der Waals surface area contributed by atoms with Crippen LogP contribution in [-0.2, 0) is 0 Å². The summed E-state index contributed by atoms with van der Waals surface area (Å²) in [7, 11) is 0. The Morgan fingerprint density at radius 3 is 2.38 bits per heavy atom. The van der Waals surface area contributed by atoms with Crippen molar-refractivity contribution in [2.45, 2.75) is 46.1 Å². The van der Waals surface area contributed by atoms with Crippen LogP contribution in [-0.4, -0.2) is 31.1 Å². The van der Waals surface area contributed by atoms with E-state index in [0.29, 0.717) is 12.0 Å². The highest BCUT2D eigenvalue weighted by atomic mass is 15.2. The van der Waals surface area contributed by atoms with Gasteiger partial charge in [0.25, 0.3) is 0 Å². The van der Waals surface area contributed by atoms with Crippen LogP contribution in [0.25, 0.3) is 0 Å². The van der Waals surface area contributed by atoms with E-state index < -0.39 is 0 Å². The van der Waals surface area contributed by atoms with Gasteiger partial charge in [0, 0.05) is 12.6 Å². The van der Waals surface area contributed by atoms with Gasteiger partial charge in [0.15, 0.2) is 0 Å². The van der Waals surface area contributed by atoms with E-state index in [1.807, 2.05) is 0 Å². The van der Waals surface area contributed by atoms with Gasteiger partial charge in [-0.15, -0.1) is 0 Å². The van der Waals surface area contributed by atoms with Gasteiger partial charge < -0.3 is 5.32 Å². The van der Waals surface area contributed by atoms with Crippen molar-refractivity contribution in [1.29, 1.82) is 0 Å². The van der Waals surface area contributed by atoms with Crippen molar-refractivity contribution >= 4 is 0 Å². The summed E-state index contributed by atoms with van der Waals surface area (Å²) in [6.45, 7) is 11.9. The van der Waals surface area contributed by atoms with Crippen LogP contribution in [0, 0.1) is 11.8 Å². The smallest absolute Gasteiger partial charge is 0.0371 e. The van der Waals surface area contributed by atoms with E-state index >= 15 is 0 Å². The maximum absolute atomic E-state index is 3.49. The maximum atomic E-state index is 3.49. The van der Waals surface area contributed by atoms with Gasteiger partial charge in [0.1, 0.15) is 0 Å². The third kappa shape index (κ3) is 4.82. The van der Waals surface area contributed by atoms with Crippen molar-refractivity contribution in [1.82, 2.24) is 10.2 Å². The lowest BCUT2D eigenvalue weighted by Crippen LogP contribution is -2.40. The Hall–Kier alpha value is -0.860. The van der Waals surface area contributed by atoms with Crippen molar-refractivity contribution in [2.75, 3.05) is 26.2 Å². The van der Waals surface area contributed by atoms with Crippen molar-refractivity contribution < 1.29 is 0 Å². The quantitative estimate of drug-likeness (QED) is 0.813. The van der Waals surface area contributed by atoms with Crippen molar-refractivity contribution in [3.63, 3.8) is 0 Å². The van der Waals surface area contributed by atoms with Gasteiger partial charge in [0.2, 0.25) is 0 Å². The second kappa shape index (κ2) is 8.55. The summed E-state index contributed by atoms with van der Waals surface area (Å²) in [6.07, 6.45) is 3.90. The third-order valence-electron chi connectivity index (χ3n) is 4.63. The average Bonchev–Trinajstić information content (AvgIpc) is 2.49. The van der Waals surface area contributed by atoms with Crippen LogP contribution in [0.15, 0.2) is 30.3 Å². The molecule has 1 heterocycles. The summed E-state index contributed by atoms with van der Waals surface area (Å²) in [4.78, 5) is 2.75. The normalized spacial score (nSPS) is 18.3. The minimum atomic E-state index is 0.557. The molecule has 1 fully saturated rings. The van der Waals surface area contributed by atoms with Gasteiger partial charge in [-0.1, -0.05) is 51.1 Å². The van der Waals surface area contributed by atoms with Gasteiger partial charge >= 0.3 is 0 Å². The van der Waals surface area contributed by atoms with E-state index in [1.165, 1.54) is 51.0 Å². The van der Waals surface area contributed by atoms with Crippen molar-refractivity contribution in [2.24, 2.45) is 11.8 Å². The van der Waals surface area contributed by atoms with E-state index in [4.69, 9.17) is 0 Å². The molecule has 21 heavy (non-hydrogen) atoms. The zero-order valence-corrected chi connectivity index (χ0v) is 14.0. The molecule has 1 N–H and O–H groups in total. The summed E-state index contributed by atoms with van der Waals surface area (Å²) in [5, 5.41) is 3.49. The largest absolute Gasteiger partial charge is 0.317 e. The maximum Gasteiger partial charge on any atom is 0.0371 e. The van der Waals surface area contributed by atoms with Crippen molar-refractivity contribution in [3.05, 3.63) is 35.9 Å². The molecule has 1 aromatic carbocycles. The van der Waals surface area contributed by atoms with E-state index in [0.717, 1.165) is 5.92 Å². The van der Waals surface area contributed by atoms with E-state index in [2.05, 4.69) is 61.3 Å². The monoisotopic (exact) mass is 288 g/mol. The molecule has 2 nitrogen and oxygen atoms in total. The van der Waals surface area contributed by atoms with Crippen LogP contribution in [0.4, 0.5) is 0 Å². The van der Waals surface area contributed by atoms with E-state index in [-0.39, 0.29) is 0 Å². The predicted molar refractivity (Wildman–Crippen MR) is 91.5 cm³/mol. The lowest BCUT2D eigenvalue weighted by molar-refractivity contribution is 0.120. The highest BCUT2D eigenvalue weighted by molar-refractivity contribution is 5.19. The second-order valence-corrected chi connectivity index (χ2v) is 6.79. The molecule has 1 saturated heterocycles. The molecule has 0 bridgehead atoms. The minimum Gasteiger partial charge on any atom is -0.317 e. The van der Waals surface area contributed by atoms with Crippen molar-refractivity contribution in [3.8, 4) is 0 Å². The molecule has 0 aromatic heterocycles. The Labute approximate surface area is 130 Å². The first-order valence-electron chi connectivity index (χ1n) is 8.72. The number of hydrogen-bond donors (Lipinski definition) is 1. The number of nitrogens with one attached hydrogen (secondary N) is 1. The lowest BCUT2D eigenvalue weighted by Gasteiger charge is -2.38. The molecule has 0 saturated carbocycles.